The molecular formula is C40H50F6N12O5. The third-order valence-electron chi connectivity index (χ3n) is 14.2. The Kier molecular flexibility index (Phi) is 12.1. The lowest BCUT2D eigenvalue weighted by Crippen LogP contribution is -2.72. The Morgan fingerprint density at radius 2 is 1.32 bits per heavy atom. The van der Waals surface area contributed by atoms with Gasteiger partial charge in [-0.25, -0.2) is 0 Å². The van der Waals surface area contributed by atoms with Gasteiger partial charge in [0.15, 0.2) is 17.2 Å². The largest absolute Gasteiger partial charge is 0.419 e. The van der Waals surface area contributed by atoms with Crippen LogP contribution in [0, 0.1) is 40.4 Å². The first-order valence-electron chi connectivity index (χ1n) is 20.9. The van der Waals surface area contributed by atoms with Crippen LogP contribution in [0.5, 0.6) is 0 Å². The third kappa shape index (κ3) is 8.71. The fraction of sp³-hybridized carbons (Fsp3) is 0.700. The second-order valence-corrected chi connectivity index (χ2v) is 18.0. The maximum absolute atomic E-state index is 14.9. The zero-order valence-electron chi connectivity index (χ0n) is 34.8. The summed E-state index contributed by atoms with van der Waals surface area (Å²) in [5, 5.41) is 33.6. The van der Waals surface area contributed by atoms with Gasteiger partial charge in [-0.3, -0.25) is 38.3 Å². The lowest BCUT2D eigenvalue weighted by Gasteiger charge is -2.54. The van der Waals surface area contributed by atoms with Gasteiger partial charge in [0.25, 0.3) is 11.8 Å². The normalized spacial score (nSPS) is 28.9. The quantitative estimate of drug-likeness (QED) is 0.185. The van der Waals surface area contributed by atoms with E-state index in [1.54, 1.807) is 4.90 Å². The number of amides is 4. The van der Waals surface area contributed by atoms with E-state index in [9.17, 15) is 56.0 Å². The van der Waals surface area contributed by atoms with Crippen LogP contribution in [0.25, 0.3) is 0 Å². The Hall–Kier alpha value is -5.26. The number of hydrogen-bond acceptors (Lipinski definition) is 11. The number of nitrogens with one attached hydrogen (secondary N) is 2. The van der Waals surface area contributed by atoms with Crippen LogP contribution < -0.4 is 22.1 Å². The molecule has 0 spiro atoms. The molecular weight excluding hydrogens is 843 g/mol. The molecule has 4 saturated carbocycles. The number of nitrogens with two attached hydrogens (primary N) is 2. The van der Waals surface area contributed by atoms with Crippen molar-refractivity contribution < 1.29 is 50.3 Å². The van der Waals surface area contributed by atoms with Crippen molar-refractivity contribution in [2.45, 2.75) is 131 Å². The minimum Gasteiger partial charge on any atom is -0.366 e. The molecule has 7 rings (SSSR count). The SMILES string of the molecule is COC1(C(F)(F)F)CN(C2CCC(CC#N)(n3cc(C(N)=O)c(NC(=O)C4CC4C(N(C)C4CCC(CC#N)(n5cc(C(N)=O)c(NC(=O)C6CC6)n5)CC4)C(F)(F)F)n3)CC2)C1. The molecule has 6 N–H and O–H groups in total. The number of carbonyl (C=O) groups excluding carboxylic acids is 4. The molecule has 2 aromatic rings. The Morgan fingerprint density at radius 3 is 1.73 bits per heavy atom. The summed E-state index contributed by atoms with van der Waals surface area (Å²) in [6.45, 7) is -0.667. The fourth-order valence-corrected chi connectivity index (χ4v) is 10.0. The predicted octanol–water partition coefficient (Wildman–Crippen LogP) is 4.13. The summed E-state index contributed by atoms with van der Waals surface area (Å²) in [5.74, 6) is -5.72. The molecule has 0 bridgehead atoms. The molecule has 0 aromatic carbocycles. The Labute approximate surface area is 358 Å². The lowest BCUT2D eigenvalue weighted by molar-refractivity contribution is -0.316. The maximum atomic E-state index is 14.9. The summed E-state index contributed by atoms with van der Waals surface area (Å²) >= 11 is 0. The zero-order chi connectivity index (χ0) is 45.9. The van der Waals surface area contributed by atoms with Crippen molar-refractivity contribution >= 4 is 35.3 Å². The standard InChI is InChI=1S/C40H50F6N12O5/c1-55(23-5-9-36(10-6-23,13-15-47)57-18-27(30(49)59)32(53-57)51-34(61)22-3-4-22)29(39(41,42)43)25-17-26(25)35(62)52-33-28(31(50)60)19-58(54-33)37(14-16-48)11-7-24(8-12-37)56-20-38(21-56,63-2)40(44,45)46/h18-19,22-26,29H,3-14,17,20-21H2,1-2H3,(H2,49,59)(H2,50,60)(H,51,53,61)(H,52,54,62). The Bertz CT molecular complexity index is 2180. The van der Waals surface area contributed by atoms with E-state index < -0.39 is 70.7 Å². The van der Waals surface area contributed by atoms with Crippen molar-refractivity contribution in [3.63, 3.8) is 0 Å². The number of rotatable bonds is 15. The number of hydrogen-bond donors (Lipinski definition) is 4. The summed E-state index contributed by atoms with van der Waals surface area (Å²) in [6, 6.07) is 1.36. The van der Waals surface area contributed by atoms with E-state index in [-0.39, 0.29) is 98.7 Å². The van der Waals surface area contributed by atoms with Crippen molar-refractivity contribution in [1.82, 2.24) is 29.4 Å². The van der Waals surface area contributed by atoms with Gasteiger partial charge in [-0.15, -0.1) is 0 Å². The van der Waals surface area contributed by atoms with Gasteiger partial charge >= 0.3 is 12.4 Å². The summed E-state index contributed by atoms with van der Waals surface area (Å²) < 4.78 is 93.3. The Balaban J connectivity index is 1.01. The van der Waals surface area contributed by atoms with Gasteiger partial charge in [-0.2, -0.15) is 47.1 Å². The van der Waals surface area contributed by atoms with Crippen molar-refractivity contribution in [1.29, 1.82) is 10.5 Å². The highest BCUT2D eigenvalue weighted by atomic mass is 19.4. The molecule has 63 heavy (non-hydrogen) atoms. The van der Waals surface area contributed by atoms with Gasteiger partial charge in [0, 0.05) is 56.5 Å². The van der Waals surface area contributed by atoms with Crippen molar-refractivity contribution in [2.24, 2.45) is 29.2 Å². The van der Waals surface area contributed by atoms with E-state index in [1.165, 1.54) is 33.7 Å². The summed E-state index contributed by atoms with van der Waals surface area (Å²) in [7, 11) is 2.37. The fourth-order valence-electron chi connectivity index (χ4n) is 10.0. The molecule has 23 heteroatoms. The number of aromatic nitrogens is 4. The second-order valence-electron chi connectivity index (χ2n) is 18.0. The topological polar surface area (TPSA) is 243 Å². The van der Waals surface area contributed by atoms with E-state index in [0.29, 0.717) is 38.5 Å². The van der Waals surface area contributed by atoms with Gasteiger partial charge in [-0.05, 0) is 83.6 Å². The number of nitriles is 2. The number of alkyl halides is 6. The smallest absolute Gasteiger partial charge is 0.366 e. The highest BCUT2D eigenvalue weighted by molar-refractivity contribution is 6.03. The first kappa shape index (κ1) is 45.8. The van der Waals surface area contributed by atoms with Crippen LogP contribution in [0.2, 0.25) is 0 Å². The zero-order valence-corrected chi connectivity index (χ0v) is 34.8. The molecule has 0 radical (unpaired) electrons. The van der Waals surface area contributed by atoms with Crippen LogP contribution in [-0.4, -0.2) is 116 Å². The minimum atomic E-state index is -4.75. The first-order chi connectivity index (χ1) is 29.6. The molecule has 3 heterocycles. The van der Waals surface area contributed by atoms with Gasteiger partial charge in [0.1, 0.15) is 17.2 Å². The number of carbonyl (C=O) groups is 4. The molecule has 1 saturated heterocycles. The van der Waals surface area contributed by atoms with Crippen molar-refractivity contribution in [3.05, 3.63) is 23.5 Å². The lowest BCUT2D eigenvalue weighted by atomic mass is 9.75. The van der Waals surface area contributed by atoms with Gasteiger partial charge in [0.05, 0.1) is 36.1 Å². The van der Waals surface area contributed by atoms with Crippen LogP contribution in [0.4, 0.5) is 38.0 Å². The van der Waals surface area contributed by atoms with Crippen LogP contribution in [-0.2, 0) is 25.4 Å². The number of nitrogens with zero attached hydrogens (tertiary/aromatic N) is 8. The Morgan fingerprint density at radius 1 is 0.841 bits per heavy atom. The molecule has 5 aliphatic rings. The number of anilines is 2. The maximum Gasteiger partial charge on any atom is 0.419 e. The monoisotopic (exact) mass is 892 g/mol. The molecule has 17 nitrogen and oxygen atoms in total. The van der Waals surface area contributed by atoms with Gasteiger partial charge < -0.3 is 26.8 Å². The predicted molar refractivity (Wildman–Crippen MR) is 209 cm³/mol. The van der Waals surface area contributed by atoms with Crippen LogP contribution >= 0.6 is 0 Å². The van der Waals surface area contributed by atoms with Crippen molar-refractivity contribution in [3.8, 4) is 12.1 Å². The van der Waals surface area contributed by atoms with E-state index >= 15 is 0 Å². The molecule has 1 aliphatic heterocycles. The van der Waals surface area contributed by atoms with E-state index in [0.717, 1.165) is 7.11 Å². The average Bonchev–Trinajstić information content (AvgIpc) is 4.11. The minimum absolute atomic E-state index is 0.0401. The van der Waals surface area contributed by atoms with E-state index in [1.807, 2.05) is 0 Å². The highest BCUT2D eigenvalue weighted by Gasteiger charge is 2.64. The molecule has 3 atom stereocenters. The second kappa shape index (κ2) is 16.7. The third-order valence-corrected chi connectivity index (χ3v) is 14.2. The summed E-state index contributed by atoms with van der Waals surface area (Å²) in [6.07, 6.45) is -3.34. The molecule has 2 aromatic heterocycles. The van der Waals surface area contributed by atoms with Crippen LogP contribution in [0.1, 0.15) is 104 Å². The first-order valence-corrected chi connectivity index (χ1v) is 20.9. The number of likely N-dealkylation sites (tertiary alicyclic amines) is 1. The van der Waals surface area contributed by atoms with Crippen LogP contribution in [0.3, 0.4) is 0 Å². The number of ether oxygens (including phenoxy) is 1. The van der Waals surface area contributed by atoms with Gasteiger partial charge in [-0.1, -0.05) is 0 Å². The molecule has 342 valence electrons. The van der Waals surface area contributed by atoms with Crippen molar-refractivity contribution in [2.75, 3.05) is 37.9 Å². The van der Waals surface area contributed by atoms with Gasteiger partial charge in [0.2, 0.25) is 11.8 Å². The molecule has 4 amide bonds. The number of methoxy groups -OCH3 is 1. The van der Waals surface area contributed by atoms with E-state index in [2.05, 4.69) is 33.0 Å². The number of primary amides is 2. The molecule has 5 fully saturated rings. The molecule has 4 aliphatic carbocycles. The summed E-state index contributed by atoms with van der Waals surface area (Å²) in [5.41, 5.74) is 6.71. The number of halogens is 6. The highest BCUT2D eigenvalue weighted by Crippen LogP contribution is 2.51. The average molecular weight is 893 g/mol. The summed E-state index contributed by atoms with van der Waals surface area (Å²) in [4.78, 5) is 53.9. The molecule has 3 unspecified atom stereocenters. The van der Waals surface area contributed by atoms with E-state index in [4.69, 9.17) is 16.2 Å². The van der Waals surface area contributed by atoms with Crippen LogP contribution in [0.15, 0.2) is 12.4 Å².